The van der Waals surface area contributed by atoms with Crippen LogP contribution in [0.15, 0.2) is 60.9 Å². The Morgan fingerprint density at radius 3 is 2.70 bits per heavy atom. The summed E-state index contributed by atoms with van der Waals surface area (Å²) in [5.74, 6) is -1.02. The van der Waals surface area contributed by atoms with E-state index in [2.05, 4.69) is 10.4 Å². The van der Waals surface area contributed by atoms with Crippen LogP contribution in [0.25, 0.3) is 11.1 Å². The average Bonchev–Trinajstić information content (AvgIpc) is 3.50. The molecule has 1 aliphatic rings. The lowest BCUT2D eigenvalue weighted by atomic mass is 10.1. The Morgan fingerprint density at radius 1 is 1.15 bits per heavy atom. The maximum absolute atomic E-state index is 15.1. The fraction of sp³-hybridized carbons (Fsp3) is 0.281. The van der Waals surface area contributed by atoms with Crippen LogP contribution in [0, 0.1) is 12.7 Å². The first kappa shape index (κ1) is 34.2. The smallest absolute Gasteiger partial charge is 0.266 e. The Hall–Kier alpha value is -4.17. The van der Waals surface area contributed by atoms with Crippen LogP contribution in [0.5, 0.6) is 11.5 Å². The number of para-hydroxylation sites is 1. The van der Waals surface area contributed by atoms with Crippen LogP contribution >= 0.6 is 23.2 Å². The fourth-order valence-corrected chi connectivity index (χ4v) is 5.84. The number of rotatable bonds is 12. The molecular formula is C32H31Cl2FN4O7S. The van der Waals surface area contributed by atoms with Gasteiger partial charge in [0, 0.05) is 57.0 Å². The van der Waals surface area contributed by atoms with Gasteiger partial charge in [-0.15, -0.1) is 0 Å². The number of benzene rings is 3. The molecule has 1 aromatic heterocycles. The summed E-state index contributed by atoms with van der Waals surface area (Å²) in [6.07, 6.45) is 4.08. The molecule has 0 atom stereocenters. The van der Waals surface area contributed by atoms with Gasteiger partial charge in [0.1, 0.15) is 18.2 Å². The van der Waals surface area contributed by atoms with Crippen molar-refractivity contribution in [1.29, 1.82) is 0 Å². The van der Waals surface area contributed by atoms with E-state index < -0.39 is 27.6 Å². The molecule has 1 aliphatic heterocycles. The van der Waals surface area contributed by atoms with Gasteiger partial charge >= 0.3 is 0 Å². The average molecular weight is 706 g/mol. The second-order valence-corrected chi connectivity index (χ2v) is 13.1. The molecule has 0 aliphatic carbocycles. The van der Waals surface area contributed by atoms with Crippen molar-refractivity contribution in [2.75, 3.05) is 37.0 Å². The molecule has 0 saturated heterocycles. The Bertz CT molecular complexity index is 1900. The molecule has 47 heavy (non-hydrogen) atoms. The van der Waals surface area contributed by atoms with Gasteiger partial charge in [-0.1, -0.05) is 41.4 Å². The highest BCUT2D eigenvalue weighted by atomic mass is 35.5. The summed E-state index contributed by atoms with van der Waals surface area (Å²) in [6.45, 7) is 2.54. The molecule has 3 aromatic carbocycles. The molecule has 248 valence electrons. The van der Waals surface area contributed by atoms with E-state index in [4.69, 9.17) is 37.2 Å². The van der Waals surface area contributed by atoms with E-state index in [1.54, 1.807) is 23.4 Å². The molecule has 4 aromatic rings. The number of amides is 2. The summed E-state index contributed by atoms with van der Waals surface area (Å²) in [5.41, 5.74) is 2.85. The van der Waals surface area contributed by atoms with Crippen molar-refractivity contribution in [1.82, 2.24) is 15.1 Å². The number of anilines is 1. The SMILES string of the molecule is Cc1c(Cl)cccc1OCCCC(=O)N1CCOc2c(-c3cnn(Cc4c(F)cc(C(=O)NCCS(=O)(=O)O)cc4Cl)c3)cccc21. The number of nitrogens with one attached hydrogen (secondary N) is 1. The van der Waals surface area contributed by atoms with Crippen LogP contribution in [0.4, 0.5) is 10.1 Å². The van der Waals surface area contributed by atoms with Crippen LogP contribution in [0.3, 0.4) is 0 Å². The lowest BCUT2D eigenvalue weighted by Crippen LogP contribution is -2.38. The summed E-state index contributed by atoms with van der Waals surface area (Å²) in [5, 5.41) is 7.24. The molecule has 0 unspecified atom stereocenters. The summed E-state index contributed by atoms with van der Waals surface area (Å²) < 4.78 is 58.9. The third-order valence-electron chi connectivity index (χ3n) is 7.47. The van der Waals surface area contributed by atoms with Crippen LogP contribution in [-0.4, -0.2) is 66.6 Å². The summed E-state index contributed by atoms with van der Waals surface area (Å²) >= 11 is 12.5. The summed E-state index contributed by atoms with van der Waals surface area (Å²) in [4.78, 5) is 27.3. The van der Waals surface area contributed by atoms with E-state index >= 15 is 4.39 Å². The number of halogens is 3. The topological polar surface area (TPSA) is 140 Å². The second-order valence-electron chi connectivity index (χ2n) is 10.7. The molecule has 0 radical (unpaired) electrons. The molecule has 0 saturated carbocycles. The van der Waals surface area contributed by atoms with Crippen molar-refractivity contribution in [3.8, 4) is 22.6 Å². The Labute approximate surface area is 280 Å². The molecule has 2 amide bonds. The van der Waals surface area contributed by atoms with E-state index in [1.807, 2.05) is 37.3 Å². The van der Waals surface area contributed by atoms with Crippen molar-refractivity contribution in [2.45, 2.75) is 26.3 Å². The quantitative estimate of drug-likeness (QED) is 0.144. The number of aromatic nitrogens is 2. The third-order valence-corrected chi connectivity index (χ3v) is 8.94. The molecule has 0 spiro atoms. The lowest BCUT2D eigenvalue weighted by molar-refractivity contribution is -0.119. The number of fused-ring (bicyclic) bond motifs is 1. The molecule has 0 bridgehead atoms. The first-order valence-electron chi connectivity index (χ1n) is 14.6. The fourth-order valence-electron chi connectivity index (χ4n) is 5.05. The minimum absolute atomic E-state index is 0.0235. The molecule has 15 heteroatoms. The van der Waals surface area contributed by atoms with Crippen molar-refractivity contribution in [3.05, 3.63) is 93.5 Å². The number of ether oxygens (including phenoxy) is 2. The predicted octanol–water partition coefficient (Wildman–Crippen LogP) is 5.55. The maximum Gasteiger partial charge on any atom is 0.266 e. The van der Waals surface area contributed by atoms with Gasteiger partial charge in [-0.2, -0.15) is 13.5 Å². The van der Waals surface area contributed by atoms with Crippen molar-refractivity contribution < 1.29 is 36.4 Å². The molecule has 2 N–H and O–H groups in total. The van der Waals surface area contributed by atoms with Crippen LogP contribution in [0.1, 0.15) is 34.3 Å². The lowest BCUT2D eigenvalue weighted by Gasteiger charge is -2.31. The summed E-state index contributed by atoms with van der Waals surface area (Å²) in [7, 11) is -4.26. The Kier molecular flexibility index (Phi) is 10.7. The van der Waals surface area contributed by atoms with E-state index in [9.17, 15) is 18.0 Å². The van der Waals surface area contributed by atoms with Crippen molar-refractivity contribution >= 4 is 50.8 Å². The van der Waals surface area contributed by atoms with Gasteiger partial charge in [-0.3, -0.25) is 18.8 Å². The molecule has 5 rings (SSSR count). The molecule has 2 heterocycles. The van der Waals surface area contributed by atoms with Gasteiger partial charge in [-0.05, 0) is 43.7 Å². The number of hydrogen-bond acceptors (Lipinski definition) is 7. The van der Waals surface area contributed by atoms with Gasteiger partial charge in [-0.25, -0.2) is 4.39 Å². The van der Waals surface area contributed by atoms with Crippen LogP contribution in [-0.2, 0) is 21.5 Å². The van der Waals surface area contributed by atoms with Crippen LogP contribution < -0.4 is 19.7 Å². The highest BCUT2D eigenvalue weighted by Gasteiger charge is 2.26. The van der Waals surface area contributed by atoms with E-state index in [1.165, 1.54) is 10.7 Å². The van der Waals surface area contributed by atoms with Crippen molar-refractivity contribution in [2.24, 2.45) is 0 Å². The molecular weight excluding hydrogens is 674 g/mol. The zero-order valence-corrected chi connectivity index (χ0v) is 27.5. The van der Waals surface area contributed by atoms with Gasteiger partial charge < -0.3 is 19.7 Å². The van der Waals surface area contributed by atoms with E-state index in [-0.39, 0.29) is 41.6 Å². The van der Waals surface area contributed by atoms with Crippen LogP contribution in [0.2, 0.25) is 10.0 Å². The zero-order chi connectivity index (χ0) is 33.7. The highest BCUT2D eigenvalue weighted by molar-refractivity contribution is 7.85. The normalized spacial score (nSPS) is 12.7. The van der Waals surface area contributed by atoms with Gasteiger partial charge in [0.05, 0.1) is 37.3 Å². The number of carbonyl (C=O) groups excluding carboxylic acids is 2. The number of carbonyl (C=O) groups is 2. The van der Waals surface area contributed by atoms with Crippen molar-refractivity contribution in [3.63, 3.8) is 0 Å². The number of hydrogen-bond donors (Lipinski definition) is 2. The third kappa shape index (κ3) is 8.41. The molecule has 0 fully saturated rings. The zero-order valence-electron chi connectivity index (χ0n) is 25.2. The summed E-state index contributed by atoms with van der Waals surface area (Å²) in [6, 6.07) is 13.2. The second kappa shape index (κ2) is 14.7. The van der Waals surface area contributed by atoms with E-state index in [0.717, 1.165) is 11.6 Å². The minimum atomic E-state index is -4.26. The predicted molar refractivity (Wildman–Crippen MR) is 176 cm³/mol. The van der Waals surface area contributed by atoms with Gasteiger partial charge in [0.25, 0.3) is 16.0 Å². The Balaban J connectivity index is 1.24. The van der Waals surface area contributed by atoms with E-state index in [0.29, 0.717) is 59.5 Å². The first-order valence-corrected chi connectivity index (χ1v) is 17.0. The molecule has 11 nitrogen and oxygen atoms in total. The minimum Gasteiger partial charge on any atom is -0.493 e. The monoisotopic (exact) mass is 704 g/mol. The largest absolute Gasteiger partial charge is 0.493 e. The van der Waals surface area contributed by atoms with Gasteiger partial charge in [0.2, 0.25) is 5.91 Å². The highest BCUT2D eigenvalue weighted by Crippen LogP contribution is 2.41. The first-order chi connectivity index (χ1) is 22.4. The number of nitrogens with zero attached hydrogens (tertiary/aromatic N) is 3. The maximum atomic E-state index is 15.1. The van der Waals surface area contributed by atoms with Gasteiger partial charge in [0.15, 0.2) is 5.75 Å². The standard InChI is InChI=1S/C32H31Cl2FN4O7S/c1-20-25(33)6-3-8-29(20)45-12-4-9-30(40)39-11-13-46-31-23(5-2-7-28(31)39)22-17-37-38(18-22)19-24-26(34)15-21(16-27(24)35)32(41)36-10-14-47(42,43)44/h2-3,5-8,15-18H,4,9-14,19H2,1H3,(H,36,41)(H,42,43,44). The Morgan fingerprint density at radius 2 is 1.94 bits per heavy atom.